The molecular formula is C30H30N4O3S2. The Morgan fingerprint density at radius 1 is 1.03 bits per heavy atom. The van der Waals surface area contributed by atoms with E-state index < -0.39 is 0 Å². The van der Waals surface area contributed by atoms with E-state index in [0.29, 0.717) is 5.82 Å². The summed E-state index contributed by atoms with van der Waals surface area (Å²) in [5.74, 6) is 1.57. The number of fused-ring (bicyclic) bond motifs is 1. The lowest BCUT2D eigenvalue weighted by atomic mass is 10.0. The minimum Gasteiger partial charge on any atom is -0.497 e. The Morgan fingerprint density at radius 3 is 2.49 bits per heavy atom. The molecule has 2 amide bonds. The number of hydrogen-bond acceptors (Lipinski definition) is 6. The van der Waals surface area contributed by atoms with Gasteiger partial charge in [-0.3, -0.25) is 14.5 Å². The Hall–Kier alpha value is -3.56. The summed E-state index contributed by atoms with van der Waals surface area (Å²) in [6.45, 7) is 1.48. The molecule has 2 aliphatic heterocycles. The Morgan fingerprint density at radius 2 is 1.79 bits per heavy atom. The second-order valence-corrected chi connectivity index (χ2v) is 11.6. The molecule has 2 aliphatic rings. The van der Waals surface area contributed by atoms with Crippen LogP contribution >= 0.6 is 23.1 Å². The second kappa shape index (κ2) is 11.3. The monoisotopic (exact) mass is 558 g/mol. The van der Waals surface area contributed by atoms with Gasteiger partial charge in [-0.05, 0) is 65.9 Å². The SMILES string of the molecule is COc1ccc(-n2nc(-c3ccccc3)c3c2N(CC(=O)N2CCCCC2)C(=O)CSC3c2ccsc2)cc1. The zero-order chi connectivity index (χ0) is 26.8. The maximum atomic E-state index is 13.8. The maximum absolute atomic E-state index is 13.8. The molecule has 0 radical (unpaired) electrons. The summed E-state index contributed by atoms with van der Waals surface area (Å²) < 4.78 is 7.23. The predicted molar refractivity (Wildman–Crippen MR) is 157 cm³/mol. The molecule has 0 saturated carbocycles. The largest absolute Gasteiger partial charge is 0.497 e. The lowest BCUT2D eigenvalue weighted by Gasteiger charge is -2.30. The average molecular weight is 559 g/mol. The molecule has 1 fully saturated rings. The highest BCUT2D eigenvalue weighted by Crippen LogP contribution is 2.49. The van der Waals surface area contributed by atoms with Gasteiger partial charge in [0.1, 0.15) is 18.1 Å². The normalized spacial score (nSPS) is 17.6. The van der Waals surface area contributed by atoms with E-state index in [-0.39, 0.29) is 29.4 Å². The van der Waals surface area contributed by atoms with E-state index >= 15 is 0 Å². The van der Waals surface area contributed by atoms with Crippen LogP contribution in [0.1, 0.15) is 35.6 Å². The van der Waals surface area contributed by atoms with Crippen molar-refractivity contribution in [3.63, 3.8) is 0 Å². The fourth-order valence-electron chi connectivity index (χ4n) is 5.30. The molecule has 1 atom stereocenters. The van der Waals surface area contributed by atoms with Gasteiger partial charge in [-0.1, -0.05) is 30.3 Å². The van der Waals surface area contributed by atoms with Crippen LogP contribution in [0.15, 0.2) is 71.4 Å². The molecule has 4 heterocycles. The first-order chi connectivity index (χ1) is 19.1. The fraction of sp³-hybridized carbons (Fsp3) is 0.300. The van der Waals surface area contributed by atoms with Gasteiger partial charge in [0, 0.05) is 24.2 Å². The first-order valence-electron chi connectivity index (χ1n) is 13.2. The van der Waals surface area contributed by atoms with E-state index in [1.807, 2.05) is 64.2 Å². The molecule has 6 rings (SSSR count). The van der Waals surface area contributed by atoms with Crippen molar-refractivity contribution in [2.24, 2.45) is 0 Å². The molecule has 1 unspecified atom stereocenters. The number of amides is 2. The number of carbonyl (C=O) groups is 2. The highest BCUT2D eigenvalue weighted by molar-refractivity contribution is 8.00. The minimum atomic E-state index is -0.104. The van der Waals surface area contributed by atoms with Gasteiger partial charge in [0.2, 0.25) is 11.8 Å². The summed E-state index contributed by atoms with van der Waals surface area (Å²) in [6.07, 6.45) is 3.14. The number of hydrogen-bond donors (Lipinski definition) is 0. The van der Waals surface area contributed by atoms with Gasteiger partial charge in [0.15, 0.2) is 0 Å². The van der Waals surface area contributed by atoms with Gasteiger partial charge in [-0.15, -0.1) is 11.8 Å². The van der Waals surface area contributed by atoms with Gasteiger partial charge in [-0.25, -0.2) is 4.68 Å². The van der Waals surface area contributed by atoms with Gasteiger partial charge in [-0.2, -0.15) is 16.4 Å². The first kappa shape index (κ1) is 25.7. The minimum absolute atomic E-state index is 0.00116. The topological polar surface area (TPSA) is 67.7 Å². The van der Waals surface area contributed by atoms with Crippen molar-refractivity contribution in [2.75, 3.05) is 37.4 Å². The number of thiophene rings is 1. The number of carbonyl (C=O) groups excluding carboxylic acids is 2. The standard InChI is InChI=1S/C30H30N4O3S2/c1-37-24-12-10-23(11-13-24)34-30-27(28(31-34)21-8-4-2-5-9-21)29(22-14-17-38-19-22)39-20-26(36)33(30)18-25(35)32-15-6-3-7-16-32/h2,4-5,8-14,17,19,29H,3,6-7,15-16,18,20H2,1H3. The molecule has 0 N–H and O–H groups in total. The highest BCUT2D eigenvalue weighted by atomic mass is 32.2. The van der Waals surface area contributed by atoms with Gasteiger partial charge in [0.25, 0.3) is 0 Å². The third-order valence-electron chi connectivity index (χ3n) is 7.30. The molecule has 0 bridgehead atoms. The summed E-state index contributed by atoms with van der Waals surface area (Å²) in [7, 11) is 1.64. The summed E-state index contributed by atoms with van der Waals surface area (Å²) >= 11 is 3.24. The van der Waals surface area contributed by atoms with Crippen molar-refractivity contribution in [2.45, 2.75) is 24.5 Å². The van der Waals surface area contributed by atoms with Crippen molar-refractivity contribution in [1.82, 2.24) is 14.7 Å². The fourth-order valence-corrected chi connectivity index (χ4v) is 7.26. The number of ether oxygens (including phenoxy) is 1. The number of thioether (sulfide) groups is 1. The number of methoxy groups -OCH3 is 1. The summed E-state index contributed by atoms with van der Waals surface area (Å²) in [5, 5.41) is 9.24. The third-order valence-corrected chi connectivity index (χ3v) is 9.26. The van der Waals surface area contributed by atoms with Crippen LogP contribution < -0.4 is 9.64 Å². The molecule has 2 aromatic carbocycles. The van der Waals surface area contributed by atoms with Crippen molar-refractivity contribution in [3.05, 3.63) is 82.6 Å². The van der Waals surface area contributed by atoms with Crippen LogP contribution in [0.2, 0.25) is 0 Å². The smallest absolute Gasteiger partial charge is 0.242 e. The zero-order valence-corrected chi connectivity index (χ0v) is 23.4. The second-order valence-electron chi connectivity index (χ2n) is 9.73. The number of aromatic nitrogens is 2. The molecule has 4 aromatic rings. The number of benzene rings is 2. The molecule has 39 heavy (non-hydrogen) atoms. The van der Waals surface area contributed by atoms with Crippen LogP contribution in [0.4, 0.5) is 5.82 Å². The van der Waals surface area contributed by atoms with Gasteiger partial charge in [0.05, 0.1) is 29.5 Å². The van der Waals surface area contributed by atoms with Crippen LogP contribution in [0.25, 0.3) is 16.9 Å². The van der Waals surface area contributed by atoms with Crippen molar-refractivity contribution in [1.29, 1.82) is 0 Å². The van der Waals surface area contributed by atoms with E-state index in [0.717, 1.165) is 66.2 Å². The summed E-state index contributed by atoms with van der Waals surface area (Å²) in [5.41, 5.74) is 4.68. The van der Waals surface area contributed by atoms with E-state index in [2.05, 4.69) is 16.8 Å². The van der Waals surface area contributed by atoms with Crippen molar-refractivity contribution < 1.29 is 14.3 Å². The number of piperidine rings is 1. The maximum Gasteiger partial charge on any atom is 0.242 e. The van der Waals surface area contributed by atoms with Gasteiger partial charge < -0.3 is 9.64 Å². The number of anilines is 1. The van der Waals surface area contributed by atoms with Crippen molar-refractivity contribution in [3.8, 4) is 22.7 Å². The average Bonchev–Trinajstić information content (AvgIpc) is 3.63. The van der Waals surface area contributed by atoms with Crippen LogP contribution in [-0.4, -0.2) is 59.0 Å². The highest BCUT2D eigenvalue weighted by Gasteiger charge is 2.38. The van der Waals surface area contributed by atoms with Crippen molar-refractivity contribution >= 4 is 40.7 Å². The lowest BCUT2D eigenvalue weighted by Crippen LogP contribution is -2.45. The molecule has 0 aliphatic carbocycles. The number of nitrogens with zero attached hydrogens (tertiary/aromatic N) is 4. The number of rotatable bonds is 6. The Bertz CT molecular complexity index is 1450. The molecule has 1 saturated heterocycles. The number of likely N-dealkylation sites (tertiary alicyclic amines) is 1. The van der Waals surface area contributed by atoms with Crippen LogP contribution in [-0.2, 0) is 9.59 Å². The Labute approximate surface area is 236 Å². The molecule has 7 nitrogen and oxygen atoms in total. The molecule has 9 heteroatoms. The summed E-state index contributed by atoms with van der Waals surface area (Å²) in [4.78, 5) is 30.9. The van der Waals surface area contributed by atoms with Gasteiger partial charge >= 0.3 is 0 Å². The third kappa shape index (κ3) is 5.08. The Balaban J connectivity index is 1.56. The predicted octanol–water partition coefficient (Wildman–Crippen LogP) is 5.79. The van der Waals surface area contributed by atoms with Crippen LogP contribution in [0.3, 0.4) is 0 Å². The molecular weight excluding hydrogens is 528 g/mol. The first-order valence-corrected chi connectivity index (χ1v) is 15.2. The molecule has 200 valence electrons. The Kier molecular flexibility index (Phi) is 7.43. The van der Waals surface area contributed by atoms with Crippen LogP contribution in [0, 0.1) is 0 Å². The van der Waals surface area contributed by atoms with Crippen LogP contribution in [0.5, 0.6) is 5.75 Å². The lowest BCUT2D eigenvalue weighted by molar-refractivity contribution is -0.132. The zero-order valence-electron chi connectivity index (χ0n) is 21.8. The quantitative estimate of drug-likeness (QED) is 0.300. The summed E-state index contributed by atoms with van der Waals surface area (Å²) in [6, 6.07) is 19.9. The van der Waals surface area contributed by atoms with E-state index in [1.54, 1.807) is 35.1 Å². The van der Waals surface area contributed by atoms with E-state index in [9.17, 15) is 9.59 Å². The van der Waals surface area contributed by atoms with E-state index in [1.165, 1.54) is 0 Å². The van der Waals surface area contributed by atoms with E-state index in [4.69, 9.17) is 9.84 Å². The molecule has 2 aromatic heterocycles. The molecule has 0 spiro atoms.